The number of aliphatic hydroxyl groups excluding tert-OH is 1. The Morgan fingerprint density at radius 1 is 1.36 bits per heavy atom. The minimum absolute atomic E-state index is 0.209. The highest BCUT2D eigenvalue weighted by atomic mass is 35.5. The van der Waals surface area contributed by atoms with E-state index < -0.39 is 6.10 Å². The second-order valence-electron chi connectivity index (χ2n) is 4.99. The van der Waals surface area contributed by atoms with Crippen LogP contribution >= 0.6 is 11.6 Å². The van der Waals surface area contributed by atoms with Crippen LogP contribution in [-0.4, -0.2) is 22.1 Å². The predicted octanol–water partition coefficient (Wildman–Crippen LogP) is 2.93. The number of nitrogens with one attached hydrogen (secondary N) is 1. The van der Waals surface area contributed by atoms with Crippen LogP contribution in [0.2, 0.25) is 5.02 Å². The summed E-state index contributed by atoms with van der Waals surface area (Å²) in [5.74, 6) is -0.209. The van der Waals surface area contributed by atoms with Gasteiger partial charge in [-0.2, -0.15) is 0 Å². The number of carbonyl (C=O) groups is 1. The number of carbonyl (C=O) groups excluding carboxylic acids is 1. The van der Waals surface area contributed by atoms with E-state index in [9.17, 15) is 9.90 Å². The fourth-order valence-corrected chi connectivity index (χ4v) is 2.33. The van der Waals surface area contributed by atoms with Crippen LogP contribution < -0.4 is 5.32 Å². The number of benzene rings is 1. The molecule has 2 N–H and O–H groups in total. The van der Waals surface area contributed by atoms with Crippen LogP contribution in [0.5, 0.6) is 0 Å². The topological polar surface area (TPSA) is 54.3 Å². The van der Waals surface area contributed by atoms with E-state index in [4.69, 9.17) is 11.6 Å². The molecule has 2 aromatic rings. The van der Waals surface area contributed by atoms with Gasteiger partial charge in [-0.15, -0.1) is 0 Å². The Hall–Kier alpha value is -2.04. The van der Waals surface area contributed by atoms with Crippen LogP contribution in [0.4, 0.5) is 0 Å². The van der Waals surface area contributed by atoms with Crippen molar-refractivity contribution < 1.29 is 9.90 Å². The summed E-state index contributed by atoms with van der Waals surface area (Å²) in [6.07, 6.45) is 4.86. The van der Waals surface area contributed by atoms with Gasteiger partial charge < -0.3 is 15.0 Å². The lowest BCUT2D eigenvalue weighted by molar-refractivity contribution is -0.116. The predicted molar refractivity (Wildman–Crippen MR) is 88.5 cm³/mol. The summed E-state index contributed by atoms with van der Waals surface area (Å²) in [4.78, 5) is 11.7. The highest BCUT2D eigenvalue weighted by Crippen LogP contribution is 2.16. The van der Waals surface area contributed by atoms with Crippen LogP contribution in [0, 0.1) is 0 Å². The van der Waals surface area contributed by atoms with E-state index in [0.717, 1.165) is 11.3 Å². The molecule has 1 amide bonds. The van der Waals surface area contributed by atoms with E-state index >= 15 is 0 Å². The van der Waals surface area contributed by atoms with E-state index in [1.807, 2.05) is 48.1 Å². The Kier molecular flexibility index (Phi) is 5.81. The number of aliphatic hydroxyl groups is 1. The van der Waals surface area contributed by atoms with Gasteiger partial charge in [-0.25, -0.2) is 0 Å². The minimum atomic E-state index is -0.590. The summed E-state index contributed by atoms with van der Waals surface area (Å²) in [5.41, 5.74) is 1.63. The molecule has 0 aliphatic rings. The zero-order chi connectivity index (χ0) is 15.9. The minimum Gasteiger partial charge on any atom is -0.387 e. The number of hydrogen-bond donors (Lipinski definition) is 2. The maximum absolute atomic E-state index is 11.7. The fraction of sp³-hybridized carbons (Fsp3) is 0.235. The van der Waals surface area contributed by atoms with Crippen molar-refractivity contribution in [1.29, 1.82) is 0 Å². The SMILES string of the molecule is Cn1cccc1C(O)CCNC(=O)/C=C/c1ccccc1Cl. The maximum atomic E-state index is 11.7. The quantitative estimate of drug-likeness (QED) is 0.805. The zero-order valence-electron chi connectivity index (χ0n) is 12.4. The Labute approximate surface area is 135 Å². The number of hydrogen-bond acceptors (Lipinski definition) is 2. The number of amides is 1. The van der Waals surface area contributed by atoms with Crippen molar-refractivity contribution in [1.82, 2.24) is 9.88 Å². The first-order chi connectivity index (χ1) is 10.6. The van der Waals surface area contributed by atoms with Crippen molar-refractivity contribution in [3.8, 4) is 0 Å². The maximum Gasteiger partial charge on any atom is 0.244 e. The molecule has 1 unspecified atom stereocenters. The average Bonchev–Trinajstić information content (AvgIpc) is 2.92. The Morgan fingerprint density at radius 3 is 2.82 bits per heavy atom. The summed E-state index contributed by atoms with van der Waals surface area (Å²) >= 11 is 6.01. The summed E-state index contributed by atoms with van der Waals surface area (Å²) in [6.45, 7) is 0.401. The number of aryl methyl sites for hydroxylation is 1. The molecule has 0 saturated carbocycles. The number of rotatable bonds is 6. The molecule has 1 heterocycles. The molecule has 1 aromatic heterocycles. The first-order valence-corrected chi connectivity index (χ1v) is 7.45. The van der Waals surface area contributed by atoms with Gasteiger partial charge >= 0.3 is 0 Å². The van der Waals surface area contributed by atoms with Crippen molar-refractivity contribution in [2.24, 2.45) is 7.05 Å². The summed E-state index contributed by atoms with van der Waals surface area (Å²) in [6, 6.07) is 11.1. The van der Waals surface area contributed by atoms with Gasteiger partial charge in [0.1, 0.15) is 0 Å². The van der Waals surface area contributed by atoms with Gasteiger partial charge in [-0.1, -0.05) is 29.8 Å². The molecule has 0 aliphatic carbocycles. The van der Waals surface area contributed by atoms with Crippen LogP contribution in [0.25, 0.3) is 6.08 Å². The van der Waals surface area contributed by atoms with Crippen LogP contribution in [0.1, 0.15) is 23.8 Å². The largest absolute Gasteiger partial charge is 0.387 e. The monoisotopic (exact) mass is 318 g/mol. The molecular weight excluding hydrogens is 300 g/mol. The van der Waals surface area contributed by atoms with Gasteiger partial charge in [0.2, 0.25) is 5.91 Å². The third-order valence-electron chi connectivity index (χ3n) is 3.36. The Balaban J connectivity index is 1.79. The lowest BCUT2D eigenvalue weighted by atomic mass is 10.2. The van der Waals surface area contributed by atoms with E-state index in [2.05, 4.69) is 5.32 Å². The molecule has 4 nitrogen and oxygen atoms in total. The zero-order valence-corrected chi connectivity index (χ0v) is 13.1. The smallest absolute Gasteiger partial charge is 0.244 e. The highest BCUT2D eigenvalue weighted by Gasteiger charge is 2.10. The molecule has 22 heavy (non-hydrogen) atoms. The van der Waals surface area contributed by atoms with Crippen LogP contribution in [0.15, 0.2) is 48.7 Å². The molecule has 0 spiro atoms. The van der Waals surface area contributed by atoms with Crippen molar-refractivity contribution in [2.45, 2.75) is 12.5 Å². The van der Waals surface area contributed by atoms with Crippen LogP contribution in [-0.2, 0) is 11.8 Å². The number of nitrogens with zero attached hydrogens (tertiary/aromatic N) is 1. The van der Waals surface area contributed by atoms with Crippen molar-refractivity contribution in [3.63, 3.8) is 0 Å². The van der Waals surface area contributed by atoms with Crippen molar-refractivity contribution in [3.05, 3.63) is 65.0 Å². The van der Waals surface area contributed by atoms with E-state index in [-0.39, 0.29) is 5.91 Å². The first-order valence-electron chi connectivity index (χ1n) is 7.07. The third-order valence-corrected chi connectivity index (χ3v) is 3.71. The normalized spacial score (nSPS) is 12.5. The molecule has 0 saturated heterocycles. The molecule has 2 rings (SSSR count). The molecule has 0 fully saturated rings. The van der Waals surface area contributed by atoms with Gasteiger partial charge in [0.15, 0.2) is 0 Å². The number of halogens is 1. The average molecular weight is 319 g/mol. The van der Waals surface area contributed by atoms with E-state index in [0.29, 0.717) is 18.0 Å². The van der Waals surface area contributed by atoms with Gasteiger partial charge in [0.05, 0.1) is 6.10 Å². The standard InChI is InChI=1S/C17H19ClN2O2/c1-20-12-4-7-15(20)16(21)10-11-19-17(22)9-8-13-5-2-3-6-14(13)18/h2-9,12,16,21H,10-11H2,1H3,(H,19,22)/b9-8+. The summed E-state index contributed by atoms with van der Waals surface area (Å²) in [5, 5.41) is 13.4. The second kappa shape index (κ2) is 7.82. The van der Waals surface area contributed by atoms with Gasteiger partial charge in [-0.3, -0.25) is 4.79 Å². The summed E-state index contributed by atoms with van der Waals surface area (Å²) < 4.78 is 1.86. The third kappa shape index (κ3) is 4.48. The van der Waals surface area contributed by atoms with E-state index in [1.54, 1.807) is 12.1 Å². The molecule has 5 heteroatoms. The lowest BCUT2D eigenvalue weighted by Crippen LogP contribution is -2.23. The van der Waals surface area contributed by atoms with Gasteiger partial charge in [-0.05, 0) is 36.3 Å². The molecule has 0 aliphatic heterocycles. The van der Waals surface area contributed by atoms with Crippen molar-refractivity contribution in [2.75, 3.05) is 6.54 Å². The number of aromatic nitrogens is 1. The molecule has 116 valence electrons. The molecular formula is C17H19ClN2O2. The molecule has 1 atom stereocenters. The summed E-state index contributed by atoms with van der Waals surface area (Å²) in [7, 11) is 1.88. The molecule has 1 aromatic carbocycles. The fourth-order valence-electron chi connectivity index (χ4n) is 2.14. The van der Waals surface area contributed by atoms with Crippen molar-refractivity contribution >= 4 is 23.6 Å². The lowest BCUT2D eigenvalue weighted by Gasteiger charge is -2.12. The van der Waals surface area contributed by atoms with Gasteiger partial charge in [0.25, 0.3) is 0 Å². The highest BCUT2D eigenvalue weighted by molar-refractivity contribution is 6.32. The Morgan fingerprint density at radius 2 is 2.14 bits per heavy atom. The molecule has 0 bridgehead atoms. The first kappa shape index (κ1) is 16.3. The second-order valence-corrected chi connectivity index (χ2v) is 5.40. The van der Waals surface area contributed by atoms with E-state index in [1.165, 1.54) is 6.08 Å². The Bertz CT molecular complexity index is 664. The van der Waals surface area contributed by atoms with Crippen LogP contribution in [0.3, 0.4) is 0 Å². The van der Waals surface area contributed by atoms with Gasteiger partial charge in [0, 0.05) is 36.6 Å². The molecule has 0 radical (unpaired) electrons.